The molecular weight excluding hydrogens is 836 g/mol. The maximum atomic E-state index is 2.34. The summed E-state index contributed by atoms with van der Waals surface area (Å²) < 4.78 is 0. The van der Waals surface area contributed by atoms with Gasteiger partial charge in [-0.3, -0.25) is 0 Å². The molecule has 68 heavy (non-hydrogen) atoms. The van der Waals surface area contributed by atoms with Crippen LogP contribution in [0.25, 0.3) is 0 Å². The fourth-order valence-electron chi connectivity index (χ4n) is 12.1. The van der Waals surface area contributed by atoms with Gasteiger partial charge in [0.1, 0.15) is 0 Å². The Bertz CT molecular complexity index is 765. The zero-order chi connectivity index (χ0) is 49.0. The summed E-state index contributed by atoms with van der Waals surface area (Å²) in [4.78, 5) is 0. The molecule has 0 amide bonds. The molecule has 0 radical (unpaired) electrons. The van der Waals surface area contributed by atoms with Crippen molar-refractivity contribution in [2.75, 3.05) is 24.6 Å². The van der Waals surface area contributed by atoms with Gasteiger partial charge < -0.3 is 0 Å². The molecule has 412 valence electrons. The van der Waals surface area contributed by atoms with Gasteiger partial charge >= 0.3 is 314 Å². The molecule has 0 heterocycles. The van der Waals surface area contributed by atoms with Gasteiger partial charge in [0.05, 0.1) is 0 Å². The Hall–Kier alpha value is 0.430. The second-order valence-corrected chi connectivity index (χ2v) is 28.9. The summed E-state index contributed by atoms with van der Waals surface area (Å²) in [5, 5.41) is 0. The molecule has 0 unspecified atom stereocenters. The maximum absolute atomic E-state index is 2.34. The molecule has 0 nitrogen and oxygen atoms in total. The Morgan fingerprint density at radius 1 is 0.118 bits per heavy atom. The van der Waals surface area contributed by atoms with Crippen LogP contribution in [0.15, 0.2) is 0 Å². The van der Waals surface area contributed by atoms with Gasteiger partial charge in [0.15, 0.2) is 0 Å². The number of hydrogen-bond donors (Lipinski definition) is 0. The van der Waals surface area contributed by atoms with Crippen molar-refractivity contribution in [2.45, 2.75) is 407 Å². The minimum Gasteiger partial charge on any atom is -0.0654 e. The predicted octanol–water partition coefficient (Wildman–Crippen LogP) is 25.8. The molecule has 0 N–H and O–H groups in total. The SMILES string of the molecule is CCCCCCCCCCCCCCCCC[PH](CCCCCCCCCCCCCCCC)(CCCCCCCCCCCCCCCCC)CCCCCCCCCCCCCCCCC. The van der Waals surface area contributed by atoms with Crippen LogP contribution >= 0.6 is 7.26 Å². The molecule has 0 aliphatic carbocycles. The first-order valence-electron chi connectivity index (χ1n) is 33.7. The van der Waals surface area contributed by atoms with Crippen molar-refractivity contribution in [3.05, 3.63) is 0 Å². The average Bonchev–Trinajstić information content (AvgIpc) is 3.35. The third-order valence-corrected chi connectivity index (χ3v) is 22.6. The fourth-order valence-corrected chi connectivity index (χ4v) is 17.6. The molecule has 1 heteroatoms. The molecule has 0 aliphatic rings. The van der Waals surface area contributed by atoms with Crippen LogP contribution in [0.5, 0.6) is 0 Å². The van der Waals surface area contributed by atoms with Crippen molar-refractivity contribution in [2.24, 2.45) is 0 Å². The minimum atomic E-state index is -1.21. The van der Waals surface area contributed by atoms with Gasteiger partial charge in [-0.15, -0.1) is 0 Å². The summed E-state index contributed by atoms with van der Waals surface area (Å²) in [6, 6.07) is 0. The van der Waals surface area contributed by atoms with Gasteiger partial charge in [-0.2, -0.15) is 0 Å². The molecule has 0 saturated heterocycles. The zero-order valence-electron chi connectivity index (χ0n) is 49.0. The van der Waals surface area contributed by atoms with Crippen LogP contribution in [0.1, 0.15) is 407 Å². The molecule has 0 rings (SSSR count). The van der Waals surface area contributed by atoms with Crippen molar-refractivity contribution in [1.29, 1.82) is 0 Å². The van der Waals surface area contributed by atoms with Crippen LogP contribution in [0, 0.1) is 0 Å². The molecule has 0 fully saturated rings. The van der Waals surface area contributed by atoms with E-state index >= 15 is 0 Å². The quantitative estimate of drug-likeness (QED) is 0.0421. The van der Waals surface area contributed by atoms with Crippen molar-refractivity contribution < 1.29 is 0 Å². The van der Waals surface area contributed by atoms with Gasteiger partial charge in [-0.25, -0.2) is 0 Å². The molecule has 0 aromatic rings. The van der Waals surface area contributed by atoms with Gasteiger partial charge in [0.2, 0.25) is 0 Å². The van der Waals surface area contributed by atoms with Crippen molar-refractivity contribution in [3.63, 3.8) is 0 Å². The second kappa shape index (κ2) is 61.7. The number of rotatable bonds is 63. The fraction of sp³-hybridized carbons (Fsp3) is 1.00. The van der Waals surface area contributed by atoms with E-state index in [1.165, 1.54) is 327 Å². The Morgan fingerprint density at radius 2 is 0.206 bits per heavy atom. The van der Waals surface area contributed by atoms with Crippen molar-refractivity contribution in [1.82, 2.24) is 0 Å². The Labute approximate surface area is 436 Å². The standard InChI is InChI=1S/C67H139P/c1-5-9-13-17-21-25-29-33-37-41-45-49-53-57-61-65-68(64-60-56-52-48-44-40-36-32-28-24-20-16-12-8-4,66-62-58-54-50-46-42-38-34-30-26-22-18-14-10-6-2)67-63-59-55-51-47-43-39-35-31-27-23-19-15-11-7-3/h68H,5-67H2,1-4H3. The van der Waals surface area contributed by atoms with E-state index in [2.05, 4.69) is 27.7 Å². The van der Waals surface area contributed by atoms with Crippen LogP contribution in [-0.4, -0.2) is 24.6 Å². The van der Waals surface area contributed by atoms with E-state index in [9.17, 15) is 0 Å². The van der Waals surface area contributed by atoms with E-state index in [4.69, 9.17) is 0 Å². The van der Waals surface area contributed by atoms with Crippen LogP contribution in [0.3, 0.4) is 0 Å². The molecule has 0 saturated carbocycles. The summed E-state index contributed by atoms with van der Waals surface area (Å²) >= 11 is 0. The van der Waals surface area contributed by atoms with Crippen LogP contribution < -0.4 is 0 Å². The summed E-state index contributed by atoms with van der Waals surface area (Å²) in [7, 11) is -1.21. The van der Waals surface area contributed by atoms with E-state index in [-0.39, 0.29) is 0 Å². The smallest absolute Gasteiger partial charge is 0.0654 e. The van der Waals surface area contributed by atoms with E-state index in [0.29, 0.717) is 0 Å². The number of unbranched alkanes of at least 4 members (excludes halogenated alkanes) is 55. The van der Waals surface area contributed by atoms with E-state index in [1.807, 2.05) is 0 Å². The van der Waals surface area contributed by atoms with Gasteiger partial charge in [-0.05, 0) is 0 Å². The zero-order valence-corrected chi connectivity index (χ0v) is 50.0. The Kier molecular flexibility index (Phi) is 62.1. The first kappa shape index (κ1) is 68.4. The molecule has 0 aliphatic heterocycles. The number of hydrogen-bond acceptors (Lipinski definition) is 0. The molecule has 0 atom stereocenters. The van der Waals surface area contributed by atoms with Crippen LogP contribution in [-0.2, 0) is 0 Å². The minimum absolute atomic E-state index is 1.21. The predicted molar refractivity (Wildman–Crippen MR) is 323 cm³/mol. The molecule has 0 spiro atoms. The van der Waals surface area contributed by atoms with Gasteiger partial charge in [0, 0.05) is 0 Å². The van der Waals surface area contributed by atoms with Gasteiger partial charge in [0.25, 0.3) is 0 Å². The summed E-state index contributed by atoms with van der Waals surface area (Å²) in [5.41, 5.74) is 0. The van der Waals surface area contributed by atoms with E-state index in [1.54, 1.807) is 76.0 Å². The topological polar surface area (TPSA) is 0 Å². The normalized spacial score (nSPS) is 12.2. The van der Waals surface area contributed by atoms with E-state index in [0.717, 1.165) is 0 Å². The van der Waals surface area contributed by atoms with Crippen molar-refractivity contribution in [3.8, 4) is 0 Å². The first-order chi connectivity index (χ1) is 33.7. The third-order valence-electron chi connectivity index (χ3n) is 17.0. The Balaban J connectivity index is 4.94. The molecule has 0 bridgehead atoms. The Morgan fingerprint density at radius 3 is 0.309 bits per heavy atom. The molecule has 0 aromatic heterocycles. The summed E-state index contributed by atoms with van der Waals surface area (Å²) in [5.74, 6) is 0. The monoisotopic (exact) mass is 975 g/mol. The second-order valence-electron chi connectivity index (χ2n) is 23.9. The molecule has 0 aromatic carbocycles. The van der Waals surface area contributed by atoms with E-state index < -0.39 is 7.26 Å². The summed E-state index contributed by atoms with van der Waals surface area (Å²) in [6.07, 6.45) is 95.1. The van der Waals surface area contributed by atoms with Crippen LogP contribution in [0.2, 0.25) is 0 Å². The van der Waals surface area contributed by atoms with Crippen LogP contribution in [0.4, 0.5) is 0 Å². The third kappa shape index (κ3) is 55.7. The average molecular weight is 976 g/mol. The summed E-state index contributed by atoms with van der Waals surface area (Å²) in [6.45, 7) is 9.34. The first-order valence-corrected chi connectivity index (χ1v) is 36.6. The van der Waals surface area contributed by atoms with Crippen molar-refractivity contribution >= 4 is 7.26 Å². The van der Waals surface area contributed by atoms with Gasteiger partial charge in [-0.1, -0.05) is 124 Å². The molecular formula is C67H139P.